The maximum atomic E-state index is 12.6. The first kappa shape index (κ1) is 19.2. The van der Waals surface area contributed by atoms with E-state index in [0.29, 0.717) is 6.17 Å². The first-order valence-electron chi connectivity index (χ1n) is 8.54. The second-order valence-electron chi connectivity index (χ2n) is 7.41. The van der Waals surface area contributed by atoms with E-state index in [2.05, 4.69) is 19.6 Å². The number of hydrogen-bond donors (Lipinski definition) is 1. The lowest BCUT2D eigenvalue weighted by Crippen LogP contribution is -2.45. The number of carbonyl (C=O) groups excluding carboxylic acids is 1. The third-order valence-electron chi connectivity index (χ3n) is 3.71. The van der Waals surface area contributed by atoms with Gasteiger partial charge in [0.2, 0.25) is 0 Å². The van der Waals surface area contributed by atoms with Gasteiger partial charge in [0.1, 0.15) is 6.61 Å². The fourth-order valence-corrected chi connectivity index (χ4v) is 3.98. The molecular formula is C20H27NO3Si. The summed E-state index contributed by atoms with van der Waals surface area (Å²) in [5.41, 5.74) is 1.76. The molecule has 0 aromatic heterocycles. The molecule has 0 aliphatic rings. The zero-order chi connectivity index (χ0) is 18.3. The van der Waals surface area contributed by atoms with Crippen molar-refractivity contribution in [3.8, 4) is 0 Å². The van der Waals surface area contributed by atoms with Crippen LogP contribution in [0.3, 0.4) is 0 Å². The van der Waals surface area contributed by atoms with Crippen LogP contribution in [0.25, 0.3) is 0 Å². The largest absolute Gasteiger partial charge is 0.445 e. The maximum absolute atomic E-state index is 12.6. The maximum Gasteiger partial charge on any atom is 0.409 e. The highest BCUT2D eigenvalue weighted by atomic mass is 28.3. The van der Waals surface area contributed by atoms with E-state index in [4.69, 9.17) is 4.74 Å². The van der Waals surface area contributed by atoms with Crippen molar-refractivity contribution in [3.05, 3.63) is 71.8 Å². The summed E-state index contributed by atoms with van der Waals surface area (Å²) >= 11 is 0. The summed E-state index contributed by atoms with van der Waals surface area (Å²) in [6.45, 7) is 7.06. The van der Waals surface area contributed by atoms with Crippen LogP contribution >= 0.6 is 0 Å². The molecule has 1 atom stereocenters. The van der Waals surface area contributed by atoms with Crippen LogP contribution in [0, 0.1) is 0 Å². The molecule has 0 fully saturated rings. The molecule has 2 rings (SSSR count). The third kappa shape index (κ3) is 6.72. The normalized spacial score (nSPS) is 12.5. The Bertz CT molecular complexity index is 656. The van der Waals surface area contributed by atoms with Crippen molar-refractivity contribution in [2.75, 3.05) is 12.7 Å². The Kier molecular flexibility index (Phi) is 6.79. The van der Waals surface area contributed by atoms with Crippen LogP contribution in [0.15, 0.2) is 60.7 Å². The van der Waals surface area contributed by atoms with Gasteiger partial charge in [-0.2, -0.15) is 0 Å². The smallest absolute Gasteiger partial charge is 0.409 e. The molecule has 2 aromatic rings. The van der Waals surface area contributed by atoms with Gasteiger partial charge in [-0.1, -0.05) is 80.3 Å². The second-order valence-corrected chi connectivity index (χ2v) is 12.8. The molecular weight excluding hydrogens is 330 g/mol. The number of benzene rings is 2. The molecule has 5 heteroatoms. The highest BCUT2D eigenvalue weighted by molar-refractivity contribution is 6.76. The van der Waals surface area contributed by atoms with E-state index < -0.39 is 14.2 Å². The van der Waals surface area contributed by atoms with Crippen molar-refractivity contribution in [2.45, 2.75) is 32.4 Å². The van der Waals surface area contributed by atoms with Crippen LogP contribution in [0.4, 0.5) is 4.79 Å². The van der Waals surface area contributed by atoms with E-state index in [9.17, 15) is 9.90 Å². The topological polar surface area (TPSA) is 49.8 Å². The van der Waals surface area contributed by atoms with Gasteiger partial charge in [0.15, 0.2) is 0 Å². The molecule has 1 amide bonds. The zero-order valence-corrected chi connectivity index (χ0v) is 16.2. The van der Waals surface area contributed by atoms with Crippen LogP contribution in [0.2, 0.25) is 19.6 Å². The van der Waals surface area contributed by atoms with Gasteiger partial charge < -0.3 is 14.7 Å². The molecule has 0 aliphatic heterocycles. The number of carbonyl (C=O) groups is 1. The van der Waals surface area contributed by atoms with Gasteiger partial charge in [-0.3, -0.25) is 0 Å². The predicted molar refractivity (Wildman–Crippen MR) is 103 cm³/mol. The molecule has 25 heavy (non-hydrogen) atoms. The van der Waals surface area contributed by atoms with Crippen LogP contribution in [0.1, 0.15) is 17.2 Å². The minimum atomic E-state index is -1.55. The first-order chi connectivity index (χ1) is 11.8. The summed E-state index contributed by atoms with van der Waals surface area (Å²) in [7, 11) is -1.55. The molecule has 0 aliphatic carbocycles. The van der Waals surface area contributed by atoms with Gasteiger partial charge in [0.05, 0.1) is 20.7 Å². The lowest BCUT2D eigenvalue weighted by molar-refractivity contribution is 0.0749. The SMILES string of the molecule is C[Si](C)(C)CN(CC(O)c1ccccc1)C(=O)OCc1ccccc1. The summed E-state index contributed by atoms with van der Waals surface area (Å²) in [5, 5.41) is 10.5. The first-order valence-corrected chi connectivity index (χ1v) is 12.2. The minimum absolute atomic E-state index is 0.238. The van der Waals surface area contributed by atoms with E-state index in [1.54, 1.807) is 4.90 Å². The molecule has 0 heterocycles. The number of amides is 1. The van der Waals surface area contributed by atoms with Gasteiger partial charge in [-0.15, -0.1) is 0 Å². The Labute approximate surface area is 151 Å². The highest BCUT2D eigenvalue weighted by Crippen LogP contribution is 2.16. The average Bonchev–Trinajstić information content (AvgIpc) is 2.59. The Hall–Kier alpha value is -2.11. The van der Waals surface area contributed by atoms with Gasteiger partial charge in [0.25, 0.3) is 0 Å². The summed E-state index contributed by atoms with van der Waals surface area (Å²) in [6, 6.07) is 19.0. The Balaban J connectivity index is 2.02. The summed E-state index contributed by atoms with van der Waals surface area (Å²) in [4.78, 5) is 14.2. The molecule has 0 radical (unpaired) electrons. The molecule has 2 aromatic carbocycles. The van der Waals surface area contributed by atoms with Gasteiger partial charge in [-0.25, -0.2) is 4.79 Å². The van der Waals surface area contributed by atoms with E-state index in [0.717, 1.165) is 11.1 Å². The quantitative estimate of drug-likeness (QED) is 0.754. The lowest BCUT2D eigenvalue weighted by atomic mass is 10.1. The van der Waals surface area contributed by atoms with Gasteiger partial charge in [0, 0.05) is 6.17 Å². The van der Waals surface area contributed by atoms with Gasteiger partial charge in [-0.05, 0) is 11.1 Å². The van der Waals surface area contributed by atoms with Crippen LogP contribution < -0.4 is 0 Å². The molecule has 1 unspecified atom stereocenters. The summed E-state index contributed by atoms with van der Waals surface area (Å²) in [5.74, 6) is 0. The molecule has 134 valence electrons. The van der Waals surface area contributed by atoms with Gasteiger partial charge >= 0.3 is 6.09 Å². The fraction of sp³-hybridized carbons (Fsp3) is 0.350. The van der Waals surface area contributed by atoms with E-state index in [1.165, 1.54) is 0 Å². The zero-order valence-electron chi connectivity index (χ0n) is 15.2. The minimum Gasteiger partial charge on any atom is -0.445 e. The molecule has 0 bridgehead atoms. The Morgan fingerprint density at radius 2 is 1.60 bits per heavy atom. The van der Waals surface area contributed by atoms with Crippen molar-refractivity contribution in [1.82, 2.24) is 4.90 Å². The van der Waals surface area contributed by atoms with E-state index in [1.807, 2.05) is 60.7 Å². The highest BCUT2D eigenvalue weighted by Gasteiger charge is 2.26. The number of nitrogens with zero attached hydrogens (tertiary/aromatic N) is 1. The molecule has 0 saturated carbocycles. The van der Waals surface area contributed by atoms with Crippen LogP contribution in [-0.4, -0.2) is 36.9 Å². The van der Waals surface area contributed by atoms with Crippen molar-refractivity contribution in [1.29, 1.82) is 0 Å². The van der Waals surface area contributed by atoms with Crippen molar-refractivity contribution >= 4 is 14.2 Å². The lowest BCUT2D eigenvalue weighted by Gasteiger charge is -2.30. The number of aliphatic hydroxyl groups is 1. The van der Waals surface area contributed by atoms with Crippen molar-refractivity contribution in [2.24, 2.45) is 0 Å². The Morgan fingerprint density at radius 1 is 1.04 bits per heavy atom. The molecule has 0 saturated heterocycles. The van der Waals surface area contributed by atoms with Crippen molar-refractivity contribution < 1.29 is 14.6 Å². The standard InChI is InChI=1S/C20H27NO3Si/c1-25(2,3)16-21(14-19(22)18-12-8-5-9-13-18)20(23)24-15-17-10-6-4-7-11-17/h4-13,19,22H,14-16H2,1-3H3. The van der Waals surface area contributed by atoms with E-state index in [-0.39, 0.29) is 19.2 Å². The third-order valence-corrected chi connectivity index (χ3v) is 5.04. The van der Waals surface area contributed by atoms with Crippen LogP contribution in [-0.2, 0) is 11.3 Å². The fourth-order valence-electron chi connectivity index (χ4n) is 2.58. The molecule has 1 N–H and O–H groups in total. The summed E-state index contributed by atoms with van der Waals surface area (Å²) in [6.07, 6.45) is -0.451. The monoisotopic (exact) mass is 357 g/mol. The number of aliphatic hydroxyl groups excluding tert-OH is 1. The average molecular weight is 358 g/mol. The van der Waals surface area contributed by atoms with Crippen molar-refractivity contribution in [3.63, 3.8) is 0 Å². The Morgan fingerprint density at radius 3 is 2.16 bits per heavy atom. The number of rotatable bonds is 7. The second kappa shape index (κ2) is 8.83. The van der Waals surface area contributed by atoms with E-state index >= 15 is 0 Å². The molecule has 0 spiro atoms. The van der Waals surface area contributed by atoms with Crippen LogP contribution in [0.5, 0.6) is 0 Å². The molecule has 4 nitrogen and oxygen atoms in total. The number of hydrogen-bond acceptors (Lipinski definition) is 3. The number of ether oxygens (including phenoxy) is 1. The summed E-state index contributed by atoms with van der Waals surface area (Å²) < 4.78 is 5.47. The predicted octanol–water partition coefficient (Wildman–Crippen LogP) is 4.24.